The van der Waals surface area contributed by atoms with Crippen LogP contribution in [0.5, 0.6) is 5.75 Å². The van der Waals surface area contributed by atoms with E-state index in [0.29, 0.717) is 6.54 Å². The molecule has 5 nitrogen and oxygen atoms in total. The Kier molecular flexibility index (Phi) is 7.07. The highest BCUT2D eigenvalue weighted by Crippen LogP contribution is 2.11. The van der Waals surface area contributed by atoms with E-state index in [1.807, 2.05) is 24.3 Å². The van der Waals surface area contributed by atoms with Gasteiger partial charge in [-0.25, -0.2) is 5.48 Å². The van der Waals surface area contributed by atoms with Crippen molar-refractivity contribution in [3.8, 4) is 5.75 Å². The van der Waals surface area contributed by atoms with Gasteiger partial charge in [-0.1, -0.05) is 12.1 Å². The maximum Gasteiger partial charge on any atom is 0.212 e. The van der Waals surface area contributed by atoms with Gasteiger partial charge in [0.1, 0.15) is 5.75 Å². The van der Waals surface area contributed by atoms with Crippen molar-refractivity contribution in [2.75, 3.05) is 13.7 Å². The summed E-state index contributed by atoms with van der Waals surface area (Å²) in [7, 11) is 1.63. The number of guanidine groups is 1. The minimum atomic E-state index is 0. The Morgan fingerprint density at radius 1 is 1.44 bits per heavy atom. The Morgan fingerprint density at radius 2 is 2.06 bits per heavy atom. The molecule has 0 aliphatic carbocycles. The second kappa shape index (κ2) is 7.78. The molecule has 6 heteroatoms. The van der Waals surface area contributed by atoms with Gasteiger partial charge in [0, 0.05) is 6.54 Å². The van der Waals surface area contributed by atoms with Crippen LogP contribution >= 0.6 is 12.4 Å². The first kappa shape index (κ1) is 14.5. The van der Waals surface area contributed by atoms with E-state index in [9.17, 15) is 0 Å². The Labute approximate surface area is 101 Å². The molecular formula is C10H16ClN3O2. The minimum absolute atomic E-state index is 0. The van der Waals surface area contributed by atoms with Gasteiger partial charge < -0.3 is 10.5 Å². The monoisotopic (exact) mass is 245 g/mol. The Balaban J connectivity index is 0.00000225. The molecule has 0 unspecified atom stereocenters. The van der Waals surface area contributed by atoms with Crippen LogP contribution in [0.25, 0.3) is 0 Å². The summed E-state index contributed by atoms with van der Waals surface area (Å²) in [6, 6.07) is 7.73. The first-order valence-electron chi connectivity index (χ1n) is 4.59. The summed E-state index contributed by atoms with van der Waals surface area (Å²) < 4.78 is 5.04. The van der Waals surface area contributed by atoms with Gasteiger partial charge in [0.2, 0.25) is 5.96 Å². The molecule has 0 atom stereocenters. The van der Waals surface area contributed by atoms with Crippen molar-refractivity contribution >= 4 is 18.4 Å². The Bertz CT molecular complexity index is 327. The molecule has 0 amide bonds. The molecule has 0 saturated carbocycles. The third kappa shape index (κ3) is 4.86. The molecule has 0 saturated heterocycles. The molecule has 0 heterocycles. The molecule has 1 aromatic carbocycles. The van der Waals surface area contributed by atoms with E-state index in [1.54, 1.807) is 12.6 Å². The highest BCUT2D eigenvalue weighted by atomic mass is 35.5. The number of hydrogen-bond acceptors (Lipinski definition) is 3. The number of benzene rings is 1. The summed E-state index contributed by atoms with van der Waals surface area (Å²) in [5.74, 6) is 0.863. The first-order valence-corrected chi connectivity index (χ1v) is 4.59. The van der Waals surface area contributed by atoms with Crippen LogP contribution in [-0.4, -0.2) is 24.8 Å². The van der Waals surface area contributed by atoms with Gasteiger partial charge >= 0.3 is 0 Å². The number of nitrogens with one attached hydrogen (secondary N) is 1. The quantitative estimate of drug-likeness (QED) is 0.419. The van der Waals surface area contributed by atoms with Crippen LogP contribution in [0, 0.1) is 0 Å². The molecule has 0 spiro atoms. The van der Waals surface area contributed by atoms with Crippen molar-refractivity contribution in [3.05, 3.63) is 29.8 Å². The predicted molar refractivity (Wildman–Crippen MR) is 65.4 cm³/mol. The van der Waals surface area contributed by atoms with Crippen molar-refractivity contribution in [3.63, 3.8) is 0 Å². The SMILES string of the molecule is COc1ccc(CCN=C(N)NO)cc1.Cl. The predicted octanol–water partition coefficient (Wildman–Crippen LogP) is 0.953. The largest absolute Gasteiger partial charge is 0.497 e. The molecule has 4 N–H and O–H groups in total. The molecule has 0 radical (unpaired) electrons. The summed E-state index contributed by atoms with van der Waals surface area (Å²) in [6.45, 7) is 0.533. The topological polar surface area (TPSA) is 79.9 Å². The lowest BCUT2D eigenvalue weighted by atomic mass is 10.1. The second-order valence-electron chi connectivity index (χ2n) is 2.98. The fraction of sp³-hybridized carbons (Fsp3) is 0.300. The van der Waals surface area contributed by atoms with E-state index >= 15 is 0 Å². The van der Waals surface area contributed by atoms with Crippen LogP contribution in [0.3, 0.4) is 0 Å². The number of halogens is 1. The number of rotatable bonds is 4. The first-order chi connectivity index (χ1) is 7.26. The lowest BCUT2D eigenvalue weighted by Gasteiger charge is -2.02. The van der Waals surface area contributed by atoms with Crippen molar-refractivity contribution in [2.24, 2.45) is 10.7 Å². The van der Waals surface area contributed by atoms with E-state index in [2.05, 4.69) is 4.99 Å². The Morgan fingerprint density at radius 3 is 2.56 bits per heavy atom. The molecule has 0 fully saturated rings. The smallest absolute Gasteiger partial charge is 0.212 e. The van der Waals surface area contributed by atoms with Crippen LogP contribution in [0.2, 0.25) is 0 Å². The van der Waals surface area contributed by atoms with Gasteiger partial charge in [0.15, 0.2) is 0 Å². The molecule has 16 heavy (non-hydrogen) atoms. The summed E-state index contributed by atoms with van der Waals surface area (Å²) in [5, 5.41) is 8.38. The molecule has 0 bridgehead atoms. The van der Waals surface area contributed by atoms with Crippen molar-refractivity contribution in [1.82, 2.24) is 5.48 Å². The van der Waals surface area contributed by atoms with E-state index in [1.165, 1.54) is 0 Å². The van der Waals surface area contributed by atoms with Gasteiger partial charge in [-0.05, 0) is 24.1 Å². The maximum atomic E-state index is 8.38. The van der Waals surface area contributed by atoms with E-state index < -0.39 is 0 Å². The lowest BCUT2D eigenvalue weighted by molar-refractivity contribution is 0.232. The minimum Gasteiger partial charge on any atom is -0.497 e. The molecule has 0 aliphatic rings. The standard InChI is InChI=1S/C10H15N3O2.ClH/c1-15-9-4-2-8(3-5-9)6-7-12-10(11)13-14;/h2-5,14H,6-7H2,1H3,(H3,11,12,13);1H. The number of ether oxygens (including phenoxy) is 1. The third-order valence-corrected chi connectivity index (χ3v) is 1.96. The molecule has 0 aliphatic heterocycles. The molecule has 0 aromatic heterocycles. The number of methoxy groups -OCH3 is 1. The zero-order chi connectivity index (χ0) is 11.1. The fourth-order valence-corrected chi connectivity index (χ4v) is 1.13. The number of hydroxylamine groups is 1. The summed E-state index contributed by atoms with van der Waals surface area (Å²) in [5.41, 5.74) is 8.17. The third-order valence-electron chi connectivity index (χ3n) is 1.96. The summed E-state index contributed by atoms with van der Waals surface area (Å²) in [6.07, 6.45) is 0.770. The maximum absolute atomic E-state index is 8.38. The highest BCUT2D eigenvalue weighted by molar-refractivity contribution is 5.85. The van der Waals surface area contributed by atoms with Crippen LogP contribution in [0.15, 0.2) is 29.3 Å². The molecule has 1 aromatic rings. The average molecular weight is 246 g/mol. The van der Waals surface area contributed by atoms with Gasteiger partial charge in [0.25, 0.3) is 0 Å². The summed E-state index contributed by atoms with van der Waals surface area (Å²) >= 11 is 0. The zero-order valence-corrected chi connectivity index (χ0v) is 9.83. The van der Waals surface area contributed by atoms with Crippen LogP contribution in [0.4, 0.5) is 0 Å². The zero-order valence-electron chi connectivity index (χ0n) is 9.01. The second-order valence-corrected chi connectivity index (χ2v) is 2.98. The van der Waals surface area contributed by atoms with Gasteiger partial charge in [-0.2, -0.15) is 0 Å². The summed E-state index contributed by atoms with van der Waals surface area (Å²) in [4.78, 5) is 3.88. The average Bonchev–Trinajstić information content (AvgIpc) is 2.29. The van der Waals surface area contributed by atoms with Crippen LogP contribution in [0.1, 0.15) is 5.56 Å². The van der Waals surface area contributed by atoms with Crippen molar-refractivity contribution in [2.45, 2.75) is 6.42 Å². The van der Waals surface area contributed by atoms with Crippen LogP contribution < -0.4 is 16.0 Å². The van der Waals surface area contributed by atoms with Gasteiger partial charge in [-0.3, -0.25) is 10.2 Å². The van der Waals surface area contributed by atoms with Crippen molar-refractivity contribution in [1.29, 1.82) is 0 Å². The number of hydrogen-bond donors (Lipinski definition) is 3. The molecular weight excluding hydrogens is 230 g/mol. The molecule has 1 rings (SSSR count). The normalized spacial score (nSPS) is 10.5. The number of aliphatic imine (C=N–C) groups is 1. The Hall–Kier alpha value is -1.46. The van der Waals surface area contributed by atoms with E-state index in [0.717, 1.165) is 17.7 Å². The van der Waals surface area contributed by atoms with E-state index in [4.69, 9.17) is 15.7 Å². The van der Waals surface area contributed by atoms with E-state index in [-0.39, 0.29) is 18.4 Å². The van der Waals surface area contributed by atoms with Crippen molar-refractivity contribution < 1.29 is 9.94 Å². The highest BCUT2D eigenvalue weighted by Gasteiger charge is 1.94. The number of nitrogens with two attached hydrogens (primary N) is 1. The van der Waals surface area contributed by atoms with Gasteiger partial charge in [0.05, 0.1) is 7.11 Å². The molecule has 90 valence electrons. The lowest BCUT2D eigenvalue weighted by Crippen LogP contribution is -2.28. The number of nitrogens with zero attached hydrogens (tertiary/aromatic N) is 1. The fourth-order valence-electron chi connectivity index (χ4n) is 1.13. The van der Waals surface area contributed by atoms with Gasteiger partial charge in [-0.15, -0.1) is 12.4 Å². The van der Waals surface area contributed by atoms with Crippen LogP contribution in [-0.2, 0) is 6.42 Å².